The largest absolute Gasteiger partial charge is 0.493 e. The molecule has 2 aliphatic rings. The first kappa shape index (κ1) is 28.1. The molecule has 2 saturated heterocycles. The highest BCUT2D eigenvalue weighted by atomic mass is 127. The topological polar surface area (TPSA) is 61.4 Å². The molecule has 8 heteroatoms. The van der Waals surface area contributed by atoms with Crippen molar-refractivity contribution in [3.63, 3.8) is 0 Å². The minimum Gasteiger partial charge on any atom is -0.493 e. The number of aliphatic imine (C=N–C) groups is 1. The normalized spacial score (nSPS) is 19.8. The van der Waals surface area contributed by atoms with Crippen LogP contribution in [0.1, 0.15) is 37.3 Å². The van der Waals surface area contributed by atoms with E-state index in [-0.39, 0.29) is 24.0 Å². The van der Waals surface area contributed by atoms with Gasteiger partial charge in [0.1, 0.15) is 5.75 Å². The summed E-state index contributed by atoms with van der Waals surface area (Å²) in [6, 6.07) is 6.41. The molecule has 0 radical (unpaired) electrons. The first-order valence-corrected chi connectivity index (χ1v) is 12.4. The van der Waals surface area contributed by atoms with Crippen LogP contribution in [0.2, 0.25) is 0 Å². The Hall–Kier alpha value is -1.10. The van der Waals surface area contributed by atoms with Crippen molar-refractivity contribution >= 4 is 29.9 Å². The zero-order valence-electron chi connectivity index (χ0n) is 20.8. The second-order valence-corrected chi connectivity index (χ2v) is 8.99. The molecule has 0 aromatic heterocycles. The first-order valence-electron chi connectivity index (χ1n) is 12.4. The highest BCUT2D eigenvalue weighted by Crippen LogP contribution is 2.22. The van der Waals surface area contributed by atoms with Crippen molar-refractivity contribution in [3.8, 4) is 5.75 Å². The maximum absolute atomic E-state index is 6.16. The quantitative estimate of drug-likeness (QED) is 0.184. The van der Waals surface area contributed by atoms with E-state index in [4.69, 9.17) is 9.47 Å². The second-order valence-electron chi connectivity index (χ2n) is 8.99. The highest BCUT2D eigenvalue weighted by Gasteiger charge is 2.17. The van der Waals surface area contributed by atoms with Gasteiger partial charge in [0, 0.05) is 64.4 Å². The number of hydrogen-bond acceptors (Lipinski definition) is 5. The van der Waals surface area contributed by atoms with E-state index < -0.39 is 0 Å². The highest BCUT2D eigenvalue weighted by molar-refractivity contribution is 14.0. The SMILES string of the molecule is CCN1CCN(CCCCNC(=NC)NCc2ccc(C)cc2OCC2CCOC2)CC1.I. The number of aryl methyl sites for hydroxylation is 1. The van der Waals surface area contributed by atoms with Gasteiger partial charge in [0.15, 0.2) is 5.96 Å². The van der Waals surface area contributed by atoms with E-state index in [1.807, 2.05) is 7.05 Å². The van der Waals surface area contributed by atoms with Crippen molar-refractivity contribution in [2.24, 2.45) is 10.9 Å². The van der Waals surface area contributed by atoms with Crippen LogP contribution in [0, 0.1) is 12.8 Å². The van der Waals surface area contributed by atoms with Crippen LogP contribution in [-0.4, -0.2) is 88.4 Å². The molecule has 2 fully saturated rings. The fraction of sp³-hybridized carbons (Fsp3) is 0.720. The van der Waals surface area contributed by atoms with Crippen LogP contribution < -0.4 is 15.4 Å². The molecule has 3 rings (SSSR count). The number of piperazine rings is 1. The number of nitrogens with zero attached hydrogens (tertiary/aromatic N) is 3. The van der Waals surface area contributed by atoms with Crippen LogP contribution >= 0.6 is 24.0 Å². The Morgan fingerprint density at radius 2 is 1.94 bits per heavy atom. The lowest BCUT2D eigenvalue weighted by atomic mass is 10.1. The Bertz CT molecular complexity index is 704. The van der Waals surface area contributed by atoms with Crippen LogP contribution in [0.4, 0.5) is 0 Å². The van der Waals surface area contributed by atoms with E-state index in [1.165, 1.54) is 51.3 Å². The molecule has 1 atom stereocenters. The third-order valence-corrected chi connectivity index (χ3v) is 6.50. The lowest BCUT2D eigenvalue weighted by Crippen LogP contribution is -2.46. The maximum atomic E-state index is 6.16. The smallest absolute Gasteiger partial charge is 0.191 e. The average molecular weight is 574 g/mol. The van der Waals surface area contributed by atoms with E-state index in [9.17, 15) is 0 Å². The van der Waals surface area contributed by atoms with Crippen molar-refractivity contribution in [3.05, 3.63) is 29.3 Å². The summed E-state index contributed by atoms with van der Waals surface area (Å²) in [7, 11) is 1.83. The van der Waals surface area contributed by atoms with E-state index in [2.05, 4.69) is 57.5 Å². The van der Waals surface area contributed by atoms with Crippen molar-refractivity contribution in [2.45, 2.75) is 39.7 Å². The van der Waals surface area contributed by atoms with Gasteiger partial charge in [0.2, 0.25) is 0 Å². The molecule has 7 nitrogen and oxygen atoms in total. The number of rotatable bonds is 11. The van der Waals surface area contributed by atoms with E-state index >= 15 is 0 Å². The summed E-state index contributed by atoms with van der Waals surface area (Å²) in [5, 5.41) is 6.90. The number of halogens is 1. The molecule has 0 bridgehead atoms. The van der Waals surface area contributed by atoms with Gasteiger partial charge in [0.05, 0.1) is 13.2 Å². The van der Waals surface area contributed by atoms with Gasteiger partial charge in [-0.05, 0) is 50.9 Å². The van der Waals surface area contributed by atoms with E-state index in [0.717, 1.165) is 56.5 Å². The summed E-state index contributed by atoms with van der Waals surface area (Å²) in [6.45, 7) is 15.6. The minimum atomic E-state index is 0. The average Bonchev–Trinajstić information content (AvgIpc) is 3.34. The van der Waals surface area contributed by atoms with Crippen LogP contribution in [-0.2, 0) is 11.3 Å². The molecule has 0 amide bonds. The van der Waals surface area contributed by atoms with Crippen LogP contribution in [0.5, 0.6) is 5.75 Å². The maximum Gasteiger partial charge on any atom is 0.191 e. The Morgan fingerprint density at radius 1 is 1.15 bits per heavy atom. The van der Waals surface area contributed by atoms with E-state index in [0.29, 0.717) is 12.5 Å². The van der Waals surface area contributed by atoms with Crippen LogP contribution in [0.25, 0.3) is 0 Å². The number of nitrogens with one attached hydrogen (secondary N) is 2. The predicted molar refractivity (Wildman–Crippen MR) is 147 cm³/mol. The lowest BCUT2D eigenvalue weighted by molar-refractivity contribution is 0.136. The summed E-state index contributed by atoms with van der Waals surface area (Å²) in [6.07, 6.45) is 3.46. The Kier molecular flexibility index (Phi) is 13.4. The van der Waals surface area contributed by atoms with Crippen molar-refractivity contribution in [2.75, 3.05) is 72.7 Å². The molecule has 2 heterocycles. The third kappa shape index (κ3) is 9.96. The Labute approximate surface area is 217 Å². The molecule has 0 spiro atoms. The molecule has 1 aromatic carbocycles. The Balaban J connectivity index is 0.00000385. The van der Waals surface area contributed by atoms with Gasteiger partial charge in [-0.3, -0.25) is 4.99 Å². The summed E-state index contributed by atoms with van der Waals surface area (Å²) < 4.78 is 11.6. The Morgan fingerprint density at radius 3 is 2.64 bits per heavy atom. The van der Waals surface area contributed by atoms with Gasteiger partial charge in [-0.1, -0.05) is 19.1 Å². The number of benzene rings is 1. The van der Waals surface area contributed by atoms with Crippen molar-refractivity contribution < 1.29 is 9.47 Å². The summed E-state index contributed by atoms with van der Waals surface area (Å²) in [5.74, 6) is 2.31. The third-order valence-electron chi connectivity index (χ3n) is 6.50. The second kappa shape index (κ2) is 15.7. The summed E-state index contributed by atoms with van der Waals surface area (Å²) in [4.78, 5) is 9.51. The van der Waals surface area contributed by atoms with Gasteiger partial charge in [-0.2, -0.15) is 0 Å². The molecule has 1 unspecified atom stereocenters. The fourth-order valence-corrected chi connectivity index (χ4v) is 4.26. The number of guanidine groups is 1. The lowest BCUT2D eigenvalue weighted by Gasteiger charge is -2.34. The number of hydrogen-bond donors (Lipinski definition) is 2. The molecule has 188 valence electrons. The van der Waals surface area contributed by atoms with Crippen molar-refractivity contribution in [1.82, 2.24) is 20.4 Å². The van der Waals surface area contributed by atoms with Crippen LogP contribution in [0.15, 0.2) is 23.2 Å². The zero-order chi connectivity index (χ0) is 22.6. The van der Waals surface area contributed by atoms with Crippen LogP contribution in [0.3, 0.4) is 0 Å². The summed E-state index contributed by atoms with van der Waals surface area (Å²) >= 11 is 0. The molecule has 1 aromatic rings. The van der Waals surface area contributed by atoms with E-state index in [1.54, 1.807) is 0 Å². The minimum absolute atomic E-state index is 0. The van der Waals surface area contributed by atoms with Crippen molar-refractivity contribution in [1.29, 1.82) is 0 Å². The molecule has 0 aliphatic carbocycles. The van der Waals surface area contributed by atoms with Gasteiger partial charge < -0.3 is 29.9 Å². The van der Waals surface area contributed by atoms with Gasteiger partial charge in [-0.15, -0.1) is 24.0 Å². The summed E-state index contributed by atoms with van der Waals surface area (Å²) in [5.41, 5.74) is 2.37. The zero-order valence-corrected chi connectivity index (χ0v) is 23.1. The fourth-order valence-electron chi connectivity index (χ4n) is 4.26. The standard InChI is InChI=1S/C25H43N5O2.HI/c1-4-29-12-14-30(15-13-29)11-6-5-10-27-25(26-3)28-18-23-8-7-21(2)17-24(23)32-20-22-9-16-31-19-22;/h7-8,17,22H,4-6,9-16,18-20H2,1-3H3,(H2,26,27,28);1H. The van der Waals surface area contributed by atoms with Gasteiger partial charge in [0.25, 0.3) is 0 Å². The molecule has 2 aliphatic heterocycles. The molecular formula is C25H44IN5O2. The first-order chi connectivity index (χ1) is 15.7. The molecule has 33 heavy (non-hydrogen) atoms. The molecule has 0 saturated carbocycles. The molecular weight excluding hydrogens is 529 g/mol. The molecule has 2 N–H and O–H groups in total. The number of ether oxygens (including phenoxy) is 2. The predicted octanol–water partition coefficient (Wildman–Crippen LogP) is 3.11. The number of unbranched alkanes of at least 4 members (excludes halogenated alkanes) is 1. The number of likely N-dealkylation sites (N-methyl/N-ethyl adjacent to an activating group) is 1. The van der Waals surface area contributed by atoms with Gasteiger partial charge >= 0.3 is 0 Å². The van der Waals surface area contributed by atoms with Gasteiger partial charge in [-0.25, -0.2) is 0 Å². The monoisotopic (exact) mass is 573 g/mol.